The smallest absolute Gasteiger partial charge is 0.0626 e. The SMILES string of the molecule is CCN1CCC(N[C@@H](CO)c2ccccc2)CC1. The summed E-state index contributed by atoms with van der Waals surface area (Å²) in [6.45, 7) is 5.86. The molecule has 100 valence electrons. The molecule has 3 heteroatoms. The van der Waals surface area contributed by atoms with Crippen molar-refractivity contribution in [1.82, 2.24) is 10.2 Å². The van der Waals surface area contributed by atoms with Crippen LogP contribution in [0, 0.1) is 0 Å². The van der Waals surface area contributed by atoms with E-state index in [-0.39, 0.29) is 12.6 Å². The molecule has 1 aliphatic heterocycles. The Morgan fingerprint density at radius 1 is 1.28 bits per heavy atom. The third kappa shape index (κ3) is 3.55. The highest BCUT2D eigenvalue weighted by Crippen LogP contribution is 2.17. The van der Waals surface area contributed by atoms with Gasteiger partial charge in [0.2, 0.25) is 0 Å². The topological polar surface area (TPSA) is 35.5 Å². The number of hydrogen-bond donors (Lipinski definition) is 2. The first-order valence-corrected chi connectivity index (χ1v) is 6.97. The summed E-state index contributed by atoms with van der Waals surface area (Å²) in [4.78, 5) is 2.48. The summed E-state index contributed by atoms with van der Waals surface area (Å²) in [5, 5.41) is 13.1. The van der Waals surface area contributed by atoms with Crippen molar-refractivity contribution in [1.29, 1.82) is 0 Å². The van der Waals surface area contributed by atoms with Crippen LogP contribution in [0.15, 0.2) is 30.3 Å². The highest BCUT2D eigenvalue weighted by molar-refractivity contribution is 5.19. The number of nitrogens with zero attached hydrogens (tertiary/aromatic N) is 1. The van der Waals surface area contributed by atoms with Crippen molar-refractivity contribution in [3.8, 4) is 0 Å². The van der Waals surface area contributed by atoms with Gasteiger partial charge in [0.1, 0.15) is 0 Å². The molecule has 0 radical (unpaired) electrons. The first kappa shape index (κ1) is 13.5. The van der Waals surface area contributed by atoms with Crippen LogP contribution in [0.5, 0.6) is 0 Å². The van der Waals surface area contributed by atoms with E-state index >= 15 is 0 Å². The lowest BCUT2D eigenvalue weighted by molar-refractivity contribution is 0.177. The van der Waals surface area contributed by atoms with Gasteiger partial charge in [0.05, 0.1) is 12.6 Å². The predicted octanol–water partition coefficient (Wildman–Crippen LogP) is 1.79. The predicted molar refractivity (Wildman–Crippen MR) is 74.5 cm³/mol. The molecule has 1 aromatic carbocycles. The normalized spacial score (nSPS) is 19.9. The molecular weight excluding hydrogens is 224 g/mol. The van der Waals surface area contributed by atoms with Gasteiger partial charge in [0, 0.05) is 6.04 Å². The average Bonchev–Trinajstić information content (AvgIpc) is 2.46. The van der Waals surface area contributed by atoms with Crippen LogP contribution in [-0.4, -0.2) is 42.3 Å². The maximum atomic E-state index is 9.54. The molecule has 18 heavy (non-hydrogen) atoms. The lowest BCUT2D eigenvalue weighted by atomic mass is 10.0. The highest BCUT2D eigenvalue weighted by Gasteiger charge is 2.21. The van der Waals surface area contributed by atoms with Crippen LogP contribution < -0.4 is 5.32 Å². The minimum absolute atomic E-state index is 0.0735. The Morgan fingerprint density at radius 2 is 1.94 bits per heavy atom. The van der Waals surface area contributed by atoms with Gasteiger partial charge in [0.15, 0.2) is 0 Å². The van der Waals surface area contributed by atoms with E-state index in [1.165, 1.54) is 31.5 Å². The average molecular weight is 248 g/mol. The molecule has 0 aromatic heterocycles. The fourth-order valence-electron chi connectivity index (χ4n) is 2.64. The molecule has 0 unspecified atom stereocenters. The number of aliphatic hydroxyl groups is 1. The minimum Gasteiger partial charge on any atom is -0.394 e. The first-order valence-electron chi connectivity index (χ1n) is 6.97. The van der Waals surface area contributed by atoms with Crippen molar-refractivity contribution < 1.29 is 5.11 Å². The second kappa shape index (κ2) is 6.88. The van der Waals surface area contributed by atoms with Gasteiger partial charge >= 0.3 is 0 Å². The first-order chi connectivity index (χ1) is 8.83. The van der Waals surface area contributed by atoms with Crippen LogP contribution in [0.4, 0.5) is 0 Å². The number of nitrogens with one attached hydrogen (secondary N) is 1. The summed E-state index contributed by atoms with van der Waals surface area (Å²) in [7, 11) is 0. The van der Waals surface area contributed by atoms with Crippen LogP contribution >= 0.6 is 0 Å². The van der Waals surface area contributed by atoms with Gasteiger partial charge in [0.25, 0.3) is 0 Å². The lowest BCUT2D eigenvalue weighted by Crippen LogP contribution is -2.44. The van der Waals surface area contributed by atoms with E-state index in [1.807, 2.05) is 18.2 Å². The van der Waals surface area contributed by atoms with Crippen LogP contribution in [0.25, 0.3) is 0 Å². The molecule has 1 aromatic rings. The molecular formula is C15H24N2O. The van der Waals surface area contributed by atoms with E-state index < -0.39 is 0 Å². The Kier molecular flexibility index (Phi) is 5.17. The summed E-state index contributed by atoms with van der Waals surface area (Å²) in [6, 6.07) is 10.8. The molecule has 3 nitrogen and oxygen atoms in total. The number of benzene rings is 1. The largest absolute Gasteiger partial charge is 0.394 e. The van der Waals surface area contributed by atoms with Crippen LogP contribution in [0.2, 0.25) is 0 Å². The van der Waals surface area contributed by atoms with E-state index in [2.05, 4.69) is 29.3 Å². The highest BCUT2D eigenvalue weighted by atomic mass is 16.3. The standard InChI is InChI=1S/C15H24N2O/c1-2-17-10-8-14(9-11-17)16-15(12-18)13-6-4-3-5-7-13/h3-7,14-16,18H,2,8-12H2,1H3/t15-/m0/s1. The number of hydrogen-bond acceptors (Lipinski definition) is 3. The quantitative estimate of drug-likeness (QED) is 0.834. The zero-order chi connectivity index (χ0) is 12.8. The molecule has 0 saturated carbocycles. The van der Waals surface area contributed by atoms with E-state index in [0.717, 1.165) is 6.54 Å². The summed E-state index contributed by atoms with van der Waals surface area (Å²) in [6.07, 6.45) is 2.36. The van der Waals surface area contributed by atoms with Gasteiger partial charge in [-0.25, -0.2) is 0 Å². The van der Waals surface area contributed by atoms with Crippen molar-refractivity contribution in [2.45, 2.75) is 31.8 Å². The Bertz CT molecular complexity index is 334. The molecule has 2 rings (SSSR count). The molecule has 2 N–H and O–H groups in total. The van der Waals surface area contributed by atoms with Gasteiger partial charge in [-0.05, 0) is 38.0 Å². The fourth-order valence-corrected chi connectivity index (χ4v) is 2.64. The van der Waals surface area contributed by atoms with E-state index in [4.69, 9.17) is 0 Å². The molecule has 0 spiro atoms. The fraction of sp³-hybridized carbons (Fsp3) is 0.600. The van der Waals surface area contributed by atoms with Crippen molar-refractivity contribution in [2.24, 2.45) is 0 Å². The molecule has 1 saturated heterocycles. The molecule has 0 bridgehead atoms. The lowest BCUT2D eigenvalue weighted by Gasteiger charge is -2.33. The van der Waals surface area contributed by atoms with Crippen molar-refractivity contribution in [3.63, 3.8) is 0 Å². The van der Waals surface area contributed by atoms with E-state index in [0.29, 0.717) is 6.04 Å². The summed E-state index contributed by atoms with van der Waals surface area (Å²) < 4.78 is 0. The second-order valence-corrected chi connectivity index (χ2v) is 5.02. The molecule has 1 atom stereocenters. The van der Waals surface area contributed by atoms with Gasteiger partial charge in [-0.3, -0.25) is 0 Å². The molecule has 0 amide bonds. The van der Waals surface area contributed by atoms with Gasteiger partial charge in [-0.15, -0.1) is 0 Å². The number of piperidine rings is 1. The summed E-state index contributed by atoms with van der Waals surface area (Å²) in [5.41, 5.74) is 1.18. The van der Waals surface area contributed by atoms with Crippen molar-refractivity contribution >= 4 is 0 Å². The third-order valence-electron chi connectivity index (χ3n) is 3.86. The van der Waals surface area contributed by atoms with E-state index in [9.17, 15) is 5.11 Å². The van der Waals surface area contributed by atoms with Crippen molar-refractivity contribution in [2.75, 3.05) is 26.2 Å². The van der Waals surface area contributed by atoms with E-state index in [1.54, 1.807) is 0 Å². The summed E-state index contributed by atoms with van der Waals surface area (Å²) in [5.74, 6) is 0. The van der Waals surface area contributed by atoms with Crippen LogP contribution in [0.1, 0.15) is 31.4 Å². The van der Waals surface area contributed by atoms with Gasteiger partial charge in [-0.1, -0.05) is 37.3 Å². The van der Waals surface area contributed by atoms with Gasteiger partial charge < -0.3 is 15.3 Å². The van der Waals surface area contributed by atoms with Crippen LogP contribution in [0.3, 0.4) is 0 Å². The third-order valence-corrected chi connectivity index (χ3v) is 3.86. The van der Waals surface area contributed by atoms with Crippen molar-refractivity contribution in [3.05, 3.63) is 35.9 Å². The maximum absolute atomic E-state index is 9.54. The minimum atomic E-state index is 0.0735. The molecule has 1 heterocycles. The Labute approximate surface area is 110 Å². The molecule has 1 aliphatic rings. The number of rotatable bonds is 5. The number of likely N-dealkylation sites (tertiary alicyclic amines) is 1. The zero-order valence-corrected chi connectivity index (χ0v) is 11.2. The Balaban J connectivity index is 1.88. The molecule has 1 fully saturated rings. The van der Waals surface area contributed by atoms with Crippen LogP contribution in [-0.2, 0) is 0 Å². The maximum Gasteiger partial charge on any atom is 0.0626 e. The second-order valence-electron chi connectivity index (χ2n) is 5.02. The number of aliphatic hydroxyl groups excluding tert-OH is 1. The Hall–Kier alpha value is -0.900. The van der Waals surface area contributed by atoms with Gasteiger partial charge in [-0.2, -0.15) is 0 Å². The monoisotopic (exact) mass is 248 g/mol. The summed E-state index contributed by atoms with van der Waals surface area (Å²) >= 11 is 0. The zero-order valence-electron chi connectivity index (χ0n) is 11.2. The molecule has 0 aliphatic carbocycles. The Morgan fingerprint density at radius 3 is 2.50 bits per heavy atom.